The third kappa shape index (κ3) is 4.27. The third-order valence-corrected chi connectivity index (χ3v) is 11.5. The van der Waals surface area contributed by atoms with Crippen molar-refractivity contribution in [2.24, 2.45) is 0 Å². The monoisotopic (exact) mass is 674 g/mol. The fraction of sp³-hybridized carbons (Fsp3) is 0.0196. The summed E-state index contributed by atoms with van der Waals surface area (Å²) in [6, 6.07) is 73.4. The van der Waals surface area contributed by atoms with E-state index in [1.807, 2.05) is 0 Å². The molecule has 0 bridgehead atoms. The second-order valence-electron chi connectivity index (χ2n) is 14.1. The van der Waals surface area contributed by atoms with Gasteiger partial charge in [-0.25, -0.2) is 0 Å². The lowest BCUT2D eigenvalue weighted by Gasteiger charge is -2.34. The lowest BCUT2D eigenvalue weighted by molar-refractivity contribution is 0.769. The van der Waals surface area contributed by atoms with E-state index in [1.54, 1.807) is 0 Å². The molecule has 10 aromatic rings. The highest BCUT2D eigenvalue weighted by Crippen LogP contribution is 2.56. The summed E-state index contributed by atoms with van der Waals surface area (Å²) in [5, 5.41) is 3.78. The van der Waals surface area contributed by atoms with Gasteiger partial charge in [0.2, 0.25) is 0 Å². The van der Waals surface area contributed by atoms with Gasteiger partial charge in [-0.2, -0.15) is 0 Å². The number of fused-ring (bicyclic) bond motifs is 8. The van der Waals surface area contributed by atoms with Crippen molar-refractivity contribution < 1.29 is 0 Å². The minimum absolute atomic E-state index is 0.415. The van der Waals surface area contributed by atoms with Gasteiger partial charge >= 0.3 is 0 Å². The fourth-order valence-electron chi connectivity index (χ4n) is 9.19. The van der Waals surface area contributed by atoms with E-state index in [9.17, 15) is 0 Å². The Morgan fingerprint density at radius 1 is 0.358 bits per heavy atom. The lowest BCUT2D eigenvalue weighted by Crippen LogP contribution is -2.28. The molecule has 0 radical (unpaired) electrons. The summed E-state index contributed by atoms with van der Waals surface area (Å²) < 4.78 is 4.73. The first-order valence-electron chi connectivity index (χ1n) is 18.4. The summed E-state index contributed by atoms with van der Waals surface area (Å²) in [7, 11) is 0. The van der Waals surface area contributed by atoms with Crippen LogP contribution in [-0.4, -0.2) is 9.13 Å². The van der Waals surface area contributed by atoms with Crippen LogP contribution in [0, 0.1) is 0 Å². The van der Waals surface area contributed by atoms with E-state index in [0.717, 1.165) is 5.69 Å². The second-order valence-corrected chi connectivity index (χ2v) is 14.1. The summed E-state index contributed by atoms with van der Waals surface area (Å²) in [6.07, 6.45) is 2.22. The summed E-state index contributed by atoms with van der Waals surface area (Å²) in [4.78, 5) is 0. The molecular formula is C51H34N2. The van der Waals surface area contributed by atoms with Crippen molar-refractivity contribution in [1.82, 2.24) is 9.13 Å². The predicted octanol–water partition coefficient (Wildman–Crippen LogP) is 12.8. The Morgan fingerprint density at radius 3 is 1.74 bits per heavy atom. The van der Waals surface area contributed by atoms with Crippen molar-refractivity contribution in [3.63, 3.8) is 0 Å². The number of aromatic nitrogens is 2. The first-order chi connectivity index (χ1) is 26.3. The first-order valence-corrected chi connectivity index (χ1v) is 18.4. The van der Waals surface area contributed by atoms with E-state index in [2.05, 4.69) is 216 Å². The summed E-state index contributed by atoms with van der Waals surface area (Å²) in [5.41, 5.74) is 15.8. The van der Waals surface area contributed by atoms with Gasteiger partial charge in [0.1, 0.15) is 0 Å². The normalized spacial score (nSPS) is 13.1. The molecule has 0 fully saturated rings. The number of hydrogen-bond acceptors (Lipinski definition) is 0. The minimum Gasteiger partial charge on any atom is -0.316 e. The Morgan fingerprint density at radius 2 is 0.981 bits per heavy atom. The maximum absolute atomic E-state index is 2.44. The average Bonchev–Trinajstić information content (AvgIpc) is 3.91. The number of hydrogen-bond donors (Lipinski definition) is 0. The molecule has 0 aliphatic heterocycles. The molecule has 0 atom stereocenters. The van der Waals surface area contributed by atoms with Gasteiger partial charge in [-0.3, -0.25) is 0 Å². The molecular weight excluding hydrogens is 641 g/mol. The number of benzene rings is 8. The largest absolute Gasteiger partial charge is 0.316 e. The average molecular weight is 675 g/mol. The van der Waals surface area contributed by atoms with E-state index in [4.69, 9.17) is 0 Å². The smallest absolute Gasteiger partial charge is 0.0713 e. The van der Waals surface area contributed by atoms with Crippen LogP contribution in [0.5, 0.6) is 0 Å². The highest BCUT2D eigenvalue weighted by Gasteiger charge is 2.46. The highest BCUT2D eigenvalue weighted by molar-refractivity contribution is 6.18. The van der Waals surface area contributed by atoms with Crippen molar-refractivity contribution in [1.29, 1.82) is 0 Å². The van der Waals surface area contributed by atoms with Gasteiger partial charge in [-0.05, 0) is 93.0 Å². The molecule has 2 heterocycles. The van der Waals surface area contributed by atoms with Crippen LogP contribution in [0.15, 0.2) is 206 Å². The van der Waals surface area contributed by atoms with Gasteiger partial charge in [-0.15, -0.1) is 0 Å². The number of para-hydroxylation sites is 2. The van der Waals surface area contributed by atoms with E-state index < -0.39 is 5.41 Å². The van der Waals surface area contributed by atoms with Crippen molar-refractivity contribution in [2.75, 3.05) is 0 Å². The zero-order valence-corrected chi connectivity index (χ0v) is 29.0. The molecule has 2 aromatic heterocycles. The van der Waals surface area contributed by atoms with Crippen LogP contribution in [0.2, 0.25) is 0 Å². The number of rotatable bonds is 5. The van der Waals surface area contributed by atoms with Crippen LogP contribution in [0.25, 0.3) is 66.3 Å². The van der Waals surface area contributed by atoms with E-state index in [1.165, 1.54) is 82.9 Å². The van der Waals surface area contributed by atoms with Crippen molar-refractivity contribution in [3.8, 4) is 33.6 Å². The Balaban J connectivity index is 1.05. The third-order valence-electron chi connectivity index (χ3n) is 11.5. The van der Waals surface area contributed by atoms with Crippen molar-refractivity contribution in [3.05, 3.63) is 229 Å². The topological polar surface area (TPSA) is 9.86 Å². The van der Waals surface area contributed by atoms with Gasteiger partial charge < -0.3 is 9.13 Å². The molecule has 0 N–H and O–H groups in total. The van der Waals surface area contributed by atoms with Crippen LogP contribution in [0.4, 0.5) is 0 Å². The Kier molecular flexibility index (Phi) is 6.50. The molecule has 53 heavy (non-hydrogen) atoms. The molecule has 1 aliphatic carbocycles. The first kappa shape index (κ1) is 29.8. The Bertz CT molecular complexity index is 2930. The fourth-order valence-corrected chi connectivity index (χ4v) is 9.19. The molecule has 0 spiro atoms. The second kappa shape index (κ2) is 11.6. The van der Waals surface area contributed by atoms with Crippen LogP contribution in [-0.2, 0) is 5.41 Å². The Labute approximate surface area is 308 Å². The quantitative estimate of drug-likeness (QED) is 0.172. The van der Waals surface area contributed by atoms with Crippen molar-refractivity contribution >= 4 is 32.7 Å². The van der Waals surface area contributed by atoms with E-state index in [-0.39, 0.29) is 0 Å². The molecule has 0 saturated carbocycles. The van der Waals surface area contributed by atoms with Gasteiger partial charge in [0.15, 0.2) is 0 Å². The van der Waals surface area contributed by atoms with Crippen molar-refractivity contribution in [2.45, 2.75) is 5.41 Å². The summed E-state index contributed by atoms with van der Waals surface area (Å²) >= 11 is 0. The Hall–Kier alpha value is -6.90. The summed E-state index contributed by atoms with van der Waals surface area (Å²) in [5.74, 6) is 0. The molecule has 8 aromatic carbocycles. The molecule has 0 saturated heterocycles. The van der Waals surface area contributed by atoms with Crippen LogP contribution < -0.4 is 0 Å². The van der Waals surface area contributed by atoms with Gasteiger partial charge in [0, 0.05) is 33.7 Å². The minimum atomic E-state index is -0.415. The highest BCUT2D eigenvalue weighted by atomic mass is 15.0. The standard InChI is InChI=1S/C51H34N2/c1-4-14-37(15-5-1)51(38-16-6-2-7-17-38)46-22-12-10-20-41(46)42-29-26-36(34-47(42)51)35-24-27-39(28-25-35)52-33-32-45-48(52)31-30-44-43-21-11-13-23-49(43)53(50(44)45)40-18-8-3-9-19-40/h1-34H. The zero-order chi connectivity index (χ0) is 34.9. The molecule has 248 valence electrons. The van der Waals surface area contributed by atoms with Crippen LogP contribution in [0.3, 0.4) is 0 Å². The van der Waals surface area contributed by atoms with E-state index in [0.29, 0.717) is 0 Å². The molecule has 0 amide bonds. The lowest BCUT2D eigenvalue weighted by atomic mass is 9.67. The molecule has 2 nitrogen and oxygen atoms in total. The maximum Gasteiger partial charge on any atom is 0.0713 e. The van der Waals surface area contributed by atoms with Gasteiger partial charge in [0.25, 0.3) is 0 Å². The maximum atomic E-state index is 2.44. The zero-order valence-electron chi connectivity index (χ0n) is 29.0. The predicted molar refractivity (Wildman–Crippen MR) is 220 cm³/mol. The van der Waals surface area contributed by atoms with E-state index >= 15 is 0 Å². The molecule has 11 rings (SSSR count). The molecule has 1 aliphatic rings. The summed E-state index contributed by atoms with van der Waals surface area (Å²) in [6.45, 7) is 0. The van der Waals surface area contributed by atoms with Crippen LogP contribution >= 0.6 is 0 Å². The SMILES string of the molecule is c1ccc(-n2c3ccccc3c3ccc4c(ccn4-c4ccc(-c5ccc6c(c5)C(c5ccccc5)(c5ccccc5)c5ccccc5-6)cc4)c32)cc1. The van der Waals surface area contributed by atoms with Crippen LogP contribution in [0.1, 0.15) is 22.3 Å². The number of nitrogens with zero attached hydrogens (tertiary/aromatic N) is 2. The molecule has 2 heteroatoms. The molecule has 0 unspecified atom stereocenters. The van der Waals surface area contributed by atoms with Gasteiger partial charge in [-0.1, -0.05) is 152 Å². The van der Waals surface area contributed by atoms with Gasteiger partial charge in [0.05, 0.1) is 22.0 Å².